The van der Waals surface area contributed by atoms with Crippen molar-refractivity contribution >= 4 is 21.8 Å². The Kier molecular flexibility index (Phi) is 3.60. The maximum atomic E-state index is 11.8. The van der Waals surface area contributed by atoms with Crippen LogP contribution < -0.4 is 5.32 Å². The van der Waals surface area contributed by atoms with Crippen molar-refractivity contribution in [2.45, 2.75) is 20.8 Å². The molecule has 0 bridgehead atoms. The minimum absolute atomic E-state index is 0.0295. The molecule has 0 radical (unpaired) electrons. The maximum Gasteiger partial charge on any atom is 0.267 e. The second-order valence-corrected chi connectivity index (χ2v) is 5.81. The minimum Gasteiger partial charge on any atom is -0.350 e. The molecule has 0 aromatic carbocycles. The largest absolute Gasteiger partial charge is 0.350 e. The number of hydrogen-bond donors (Lipinski definition) is 1. The van der Waals surface area contributed by atoms with E-state index >= 15 is 0 Å². The first-order valence-corrected chi connectivity index (χ1v) is 5.69. The zero-order valence-corrected chi connectivity index (χ0v) is 11.2. The van der Waals surface area contributed by atoms with Crippen LogP contribution in [0.2, 0.25) is 0 Å². The highest BCUT2D eigenvalue weighted by Crippen LogP contribution is 2.14. The number of nitrogens with zero attached hydrogens (tertiary/aromatic N) is 1. The SMILES string of the molecule is Cn1cc(Br)cc1C(=O)NCC(C)(C)C. The number of rotatable bonds is 2. The van der Waals surface area contributed by atoms with Crippen LogP contribution in [0, 0.1) is 5.41 Å². The third kappa shape index (κ3) is 3.70. The summed E-state index contributed by atoms with van der Waals surface area (Å²) in [5.74, 6) is -0.0295. The van der Waals surface area contributed by atoms with E-state index in [1.54, 1.807) is 0 Å². The van der Waals surface area contributed by atoms with Crippen LogP contribution in [0.25, 0.3) is 0 Å². The zero-order valence-electron chi connectivity index (χ0n) is 9.60. The summed E-state index contributed by atoms with van der Waals surface area (Å²) >= 11 is 3.34. The van der Waals surface area contributed by atoms with Crippen molar-refractivity contribution in [1.82, 2.24) is 9.88 Å². The number of aromatic nitrogens is 1. The third-order valence-corrected chi connectivity index (χ3v) is 2.42. The first kappa shape index (κ1) is 12.3. The van der Waals surface area contributed by atoms with Crippen LogP contribution in [0.15, 0.2) is 16.7 Å². The van der Waals surface area contributed by atoms with Gasteiger partial charge in [-0.2, -0.15) is 0 Å². The molecular formula is C11H17BrN2O. The lowest BCUT2D eigenvalue weighted by atomic mass is 9.97. The van der Waals surface area contributed by atoms with Crippen molar-refractivity contribution in [3.05, 3.63) is 22.4 Å². The van der Waals surface area contributed by atoms with Crippen LogP contribution in [0.5, 0.6) is 0 Å². The summed E-state index contributed by atoms with van der Waals surface area (Å²) in [6.45, 7) is 6.95. The fourth-order valence-corrected chi connectivity index (χ4v) is 1.71. The molecule has 1 rings (SSSR count). The Morgan fingerprint density at radius 1 is 1.53 bits per heavy atom. The van der Waals surface area contributed by atoms with Crippen molar-refractivity contribution in [2.75, 3.05) is 6.54 Å². The van der Waals surface area contributed by atoms with Crippen LogP contribution >= 0.6 is 15.9 Å². The Labute approximate surface area is 99.0 Å². The van der Waals surface area contributed by atoms with E-state index in [-0.39, 0.29) is 11.3 Å². The summed E-state index contributed by atoms with van der Waals surface area (Å²) in [4.78, 5) is 11.8. The molecule has 0 aliphatic heterocycles. The Bertz CT molecular complexity index is 363. The number of carbonyl (C=O) groups is 1. The van der Waals surface area contributed by atoms with Gasteiger partial charge in [0.25, 0.3) is 5.91 Å². The summed E-state index contributed by atoms with van der Waals surface area (Å²) in [6.07, 6.45) is 1.87. The lowest BCUT2D eigenvalue weighted by Gasteiger charge is -2.18. The van der Waals surface area contributed by atoms with Gasteiger partial charge >= 0.3 is 0 Å². The Morgan fingerprint density at radius 2 is 2.13 bits per heavy atom. The summed E-state index contributed by atoms with van der Waals surface area (Å²) in [5, 5.41) is 2.91. The first-order chi connectivity index (χ1) is 6.79. The molecule has 0 fully saturated rings. The van der Waals surface area contributed by atoms with Gasteiger partial charge in [0.05, 0.1) is 0 Å². The van der Waals surface area contributed by atoms with Gasteiger partial charge < -0.3 is 9.88 Å². The fourth-order valence-electron chi connectivity index (χ4n) is 1.19. The average molecular weight is 273 g/mol. The fraction of sp³-hybridized carbons (Fsp3) is 0.545. The van der Waals surface area contributed by atoms with E-state index < -0.39 is 0 Å². The number of nitrogens with one attached hydrogen (secondary N) is 1. The number of halogens is 1. The minimum atomic E-state index is -0.0295. The monoisotopic (exact) mass is 272 g/mol. The van der Waals surface area contributed by atoms with Gasteiger partial charge in [-0.25, -0.2) is 0 Å². The number of amides is 1. The van der Waals surface area contributed by atoms with Gasteiger partial charge in [0.2, 0.25) is 0 Å². The third-order valence-electron chi connectivity index (χ3n) is 1.98. The first-order valence-electron chi connectivity index (χ1n) is 4.90. The van der Waals surface area contributed by atoms with E-state index in [2.05, 4.69) is 42.0 Å². The van der Waals surface area contributed by atoms with Gasteiger partial charge in [-0.05, 0) is 27.4 Å². The molecule has 0 atom stereocenters. The van der Waals surface area contributed by atoms with E-state index in [0.717, 1.165) is 4.47 Å². The van der Waals surface area contributed by atoms with Crippen molar-refractivity contribution in [2.24, 2.45) is 12.5 Å². The van der Waals surface area contributed by atoms with Gasteiger partial charge in [0.15, 0.2) is 0 Å². The van der Waals surface area contributed by atoms with E-state index in [1.807, 2.05) is 23.9 Å². The van der Waals surface area contributed by atoms with Crippen molar-refractivity contribution < 1.29 is 4.79 Å². The molecule has 1 aromatic rings. The smallest absolute Gasteiger partial charge is 0.267 e. The molecule has 84 valence electrons. The van der Waals surface area contributed by atoms with Gasteiger partial charge in [-0.1, -0.05) is 20.8 Å². The molecule has 15 heavy (non-hydrogen) atoms. The predicted molar refractivity (Wildman–Crippen MR) is 64.9 cm³/mol. The summed E-state index contributed by atoms with van der Waals surface area (Å²) in [5.41, 5.74) is 0.782. The predicted octanol–water partition coefficient (Wildman–Crippen LogP) is 2.56. The molecule has 0 spiro atoms. The summed E-state index contributed by atoms with van der Waals surface area (Å²) in [7, 11) is 1.86. The molecule has 4 heteroatoms. The Hall–Kier alpha value is -0.770. The van der Waals surface area contributed by atoms with E-state index in [0.29, 0.717) is 12.2 Å². The van der Waals surface area contributed by atoms with Crippen LogP contribution in [-0.2, 0) is 7.05 Å². The number of aryl methyl sites for hydroxylation is 1. The highest BCUT2D eigenvalue weighted by molar-refractivity contribution is 9.10. The van der Waals surface area contributed by atoms with Gasteiger partial charge in [0.1, 0.15) is 5.69 Å². The Balaban J connectivity index is 2.66. The lowest BCUT2D eigenvalue weighted by molar-refractivity contribution is 0.0931. The van der Waals surface area contributed by atoms with Crippen LogP contribution in [0.4, 0.5) is 0 Å². The summed E-state index contributed by atoms with van der Waals surface area (Å²) in [6, 6.07) is 1.82. The zero-order chi connectivity index (χ0) is 11.6. The molecule has 0 unspecified atom stereocenters. The van der Waals surface area contributed by atoms with Gasteiger partial charge in [-0.15, -0.1) is 0 Å². The molecule has 0 saturated carbocycles. The van der Waals surface area contributed by atoms with E-state index in [4.69, 9.17) is 0 Å². The van der Waals surface area contributed by atoms with Crippen molar-refractivity contribution in [3.8, 4) is 0 Å². The van der Waals surface area contributed by atoms with Crippen LogP contribution in [0.3, 0.4) is 0 Å². The Morgan fingerprint density at radius 3 is 2.53 bits per heavy atom. The molecule has 3 nitrogen and oxygen atoms in total. The van der Waals surface area contributed by atoms with Crippen LogP contribution in [0.1, 0.15) is 31.3 Å². The van der Waals surface area contributed by atoms with Crippen molar-refractivity contribution in [1.29, 1.82) is 0 Å². The number of carbonyl (C=O) groups excluding carboxylic acids is 1. The molecule has 1 aromatic heterocycles. The van der Waals surface area contributed by atoms with Crippen LogP contribution in [-0.4, -0.2) is 17.0 Å². The average Bonchev–Trinajstić information content (AvgIpc) is 2.40. The standard InChI is InChI=1S/C11H17BrN2O/c1-11(2,3)7-13-10(15)9-5-8(12)6-14(9)4/h5-6H,7H2,1-4H3,(H,13,15). The molecular weight excluding hydrogens is 256 g/mol. The maximum absolute atomic E-state index is 11.8. The van der Waals surface area contributed by atoms with Gasteiger partial charge in [-0.3, -0.25) is 4.79 Å². The normalized spacial score (nSPS) is 11.5. The highest BCUT2D eigenvalue weighted by atomic mass is 79.9. The lowest BCUT2D eigenvalue weighted by Crippen LogP contribution is -2.33. The second kappa shape index (κ2) is 4.39. The van der Waals surface area contributed by atoms with E-state index in [9.17, 15) is 4.79 Å². The second-order valence-electron chi connectivity index (χ2n) is 4.90. The molecule has 0 aliphatic rings. The summed E-state index contributed by atoms with van der Waals surface area (Å²) < 4.78 is 2.73. The molecule has 0 saturated heterocycles. The molecule has 1 amide bonds. The van der Waals surface area contributed by atoms with E-state index in [1.165, 1.54) is 0 Å². The topological polar surface area (TPSA) is 34.0 Å². The molecule has 0 aliphatic carbocycles. The molecule has 1 N–H and O–H groups in total. The number of hydrogen-bond acceptors (Lipinski definition) is 1. The van der Waals surface area contributed by atoms with Crippen molar-refractivity contribution in [3.63, 3.8) is 0 Å². The molecule has 1 heterocycles. The highest BCUT2D eigenvalue weighted by Gasteiger charge is 2.15. The van der Waals surface area contributed by atoms with Gasteiger partial charge in [0, 0.05) is 24.3 Å². The quantitative estimate of drug-likeness (QED) is 0.882.